The predicted octanol–water partition coefficient (Wildman–Crippen LogP) is 0.333. The Balaban J connectivity index is 5.31. The van der Waals surface area contributed by atoms with Gasteiger partial charge in [0.25, 0.3) is 0 Å². The second-order valence-corrected chi connectivity index (χ2v) is 7.86. The van der Waals surface area contributed by atoms with Crippen LogP contribution in [0, 0.1) is 0 Å². The molecule has 0 fully saturated rings. The van der Waals surface area contributed by atoms with Gasteiger partial charge in [-0.3, -0.25) is 4.79 Å². The number of sulfone groups is 1. The Morgan fingerprint density at radius 1 is 1.41 bits per heavy atom. The van der Waals surface area contributed by atoms with Gasteiger partial charge in [-0.1, -0.05) is 12.2 Å². The Labute approximate surface area is 108 Å². The summed E-state index contributed by atoms with van der Waals surface area (Å²) in [7, 11) is -3.49. The zero-order valence-corrected chi connectivity index (χ0v) is 12.5. The third-order valence-electron chi connectivity index (χ3n) is 2.65. The van der Waals surface area contributed by atoms with Crippen LogP contribution in [-0.4, -0.2) is 47.8 Å². The minimum absolute atomic E-state index is 0.0881. The van der Waals surface area contributed by atoms with Gasteiger partial charge in [0.15, 0.2) is 9.84 Å². The lowest BCUT2D eigenvalue weighted by Crippen LogP contribution is -2.53. The topological polar surface area (TPSA) is 80.5 Å². The van der Waals surface area contributed by atoms with Gasteiger partial charge in [-0.2, -0.15) is 0 Å². The van der Waals surface area contributed by atoms with E-state index in [2.05, 4.69) is 0 Å². The molecular weight excluding hydrogens is 260 g/mol. The molecule has 0 heterocycles. The van der Waals surface area contributed by atoms with Crippen molar-refractivity contribution in [3.63, 3.8) is 0 Å². The van der Waals surface area contributed by atoms with Gasteiger partial charge in [0, 0.05) is 12.3 Å². The molecule has 100 valence electrons. The first kappa shape index (κ1) is 16.3. The van der Waals surface area contributed by atoms with Crippen LogP contribution < -0.4 is 5.73 Å². The van der Waals surface area contributed by atoms with Crippen LogP contribution in [0.15, 0.2) is 0 Å². The van der Waals surface area contributed by atoms with Gasteiger partial charge >= 0.3 is 0 Å². The lowest BCUT2D eigenvalue weighted by Gasteiger charge is -2.33. The van der Waals surface area contributed by atoms with E-state index in [1.807, 2.05) is 0 Å². The van der Waals surface area contributed by atoms with Crippen LogP contribution in [0.5, 0.6) is 0 Å². The molecule has 5 nitrogen and oxygen atoms in total. The highest BCUT2D eigenvalue weighted by molar-refractivity contribution is 7.92. The van der Waals surface area contributed by atoms with E-state index in [1.54, 1.807) is 13.8 Å². The Kier molecular flexibility index (Phi) is 5.09. The molecule has 0 saturated carbocycles. The highest BCUT2D eigenvalue weighted by atomic mass is 32.2. The summed E-state index contributed by atoms with van der Waals surface area (Å²) in [6.07, 6.45) is 1.05. The van der Waals surface area contributed by atoms with Crippen molar-refractivity contribution in [1.29, 1.82) is 0 Å². The molecule has 0 aromatic heterocycles. The first-order chi connectivity index (χ1) is 7.41. The fourth-order valence-electron chi connectivity index (χ4n) is 1.16. The van der Waals surface area contributed by atoms with E-state index in [0.29, 0.717) is 0 Å². The van der Waals surface area contributed by atoms with E-state index in [4.69, 9.17) is 18.0 Å². The molecule has 0 spiro atoms. The number of nitrogens with two attached hydrogens (primary N) is 1. The maximum Gasteiger partial charge on any atom is 0.244 e. The number of carbonyl (C=O) groups excluding carboxylic acids is 1. The first-order valence-corrected chi connectivity index (χ1v) is 7.50. The second kappa shape index (κ2) is 5.30. The number of amides is 1. The Morgan fingerprint density at radius 3 is 2.06 bits per heavy atom. The minimum Gasteiger partial charge on any atom is -0.392 e. The van der Waals surface area contributed by atoms with Crippen molar-refractivity contribution < 1.29 is 13.2 Å². The van der Waals surface area contributed by atoms with Crippen LogP contribution >= 0.6 is 12.2 Å². The zero-order chi connectivity index (χ0) is 14.0. The molecule has 0 radical (unpaired) electrons. The Morgan fingerprint density at radius 2 is 1.82 bits per heavy atom. The molecule has 0 atom stereocenters. The SMILES string of the molecule is CC(C)N(CC(N)=S)C(=O)C(C)(C)S(C)(=O)=O. The molecule has 0 rings (SSSR count). The van der Waals surface area contributed by atoms with E-state index >= 15 is 0 Å². The van der Waals surface area contributed by atoms with Crippen molar-refractivity contribution >= 4 is 33.0 Å². The largest absolute Gasteiger partial charge is 0.392 e. The highest BCUT2D eigenvalue weighted by Crippen LogP contribution is 2.20. The number of carbonyl (C=O) groups is 1. The molecule has 17 heavy (non-hydrogen) atoms. The second-order valence-electron chi connectivity index (χ2n) is 4.78. The molecular formula is C10H20N2O3S2. The molecule has 0 aliphatic carbocycles. The van der Waals surface area contributed by atoms with Crippen LogP contribution in [0.25, 0.3) is 0 Å². The number of nitrogens with zero attached hydrogens (tertiary/aromatic N) is 1. The minimum atomic E-state index is -3.49. The summed E-state index contributed by atoms with van der Waals surface area (Å²) >= 11 is 4.76. The lowest BCUT2D eigenvalue weighted by molar-refractivity contribution is -0.134. The maximum atomic E-state index is 12.2. The van der Waals surface area contributed by atoms with Crippen molar-refractivity contribution in [2.45, 2.75) is 38.5 Å². The van der Waals surface area contributed by atoms with E-state index in [1.165, 1.54) is 18.7 Å². The molecule has 0 bridgehead atoms. The standard InChI is InChI=1S/C10H20N2O3S2/c1-7(2)12(6-8(11)16)9(13)10(3,4)17(5,14)15/h7H,6H2,1-5H3,(H2,11,16). The van der Waals surface area contributed by atoms with Crippen LogP contribution in [-0.2, 0) is 14.6 Å². The van der Waals surface area contributed by atoms with Crippen LogP contribution in [0.3, 0.4) is 0 Å². The lowest BCUT2D eigenvalue weighted by atomic mass is 10.1. The Hall–Kier alpha value is -0.690. The number of hydrogen-bond acceptors (Lipinski definition) is 4. The zero-order valence-electron chi connectivity index (χ0n) is 10.9. The third kappa shape index (κ3) is 3.92. The van der Waals surface area contributed by atoms with E-state index in [-0.39, 0.29) is 17.6 Å². The molecule has 7 heteroatoms. The van der Waals surface area contributed by atoms with Gasteiger partial charge in [0.2, 0.25) is 5.91 Å². The molecule has 0 aromatic rings. The molecule has 1 amide bonds. The van der Waals surface area contributed by atoms with Crippen molar-refractivity contribution in [2.24, 2.45) is 5.73 Å². The average Bonchev–Trinajstić information content (AvgIpc) is 2.10. The van der Waals surface area contributed by atoms with Crippen molar-refractivity contribution in [3.8, 4) is 0 Å². The summed E-state index contributed by atoms with van der Waals surface area (Å²) < 4.78 is 21.7. The van der Waals surface area contributed by atoms with E-state index < -0.39 is 20.5 Å². The molecule has 0 aromatic carbocycles. The summed E-state index contributed by atoms with van der Waals surface area (Å²) in [6.45, 7) is 6.44. The maximum absolute atomic E-state index is 12.2. The van der Waals surface area contributed by atoms with Crippen LogP contribution in [0.1, 0.15) is 27.7 Å². The average molecular weight is 280 g/mol. The highest BCUT2D eigenvalue weighted by Gasteiger charge is 2.42. The predicted molar refractivity (Wildman–Crippen MR) is 72.6 cm³/mol. The summed E-state index contributed by atoms with van der Waals surface area (Å²) in [5.41, 5.74) is 5.41. The fourth-order valence-corrected chi connectivity index (χ4v) is 1.73. The molecule has 0 unspecified atom stereocenters. The Bertz CT molecular complexity index is 413. The van der Waals surface area contributed by atoms with Crippen molar-refractivity contribution in [3.05, 3.63) is 0 Å². The van der Waals surface area contributed by atoms with Crippen LogP contribution in [0.4, 0.5) is 0 Å². The number of hydrogen-bond donors (Lipinski definition) is 1. The third-order valence-corrected chi connectivity index (χ3v) is 4.81. The molecule has 0 aliphatic heterocycles. The van der Waals surface area contributed by atoms with E-state index in [0.717, 1.165) is 6.26 Å². The summed E-state index contributed by atoms with van der Waals surface area (Å²) in [5.74, 6) is -0.484. The number of rotatable bonds is 5. The normalized spacial score (nSPS) is 12.6. The molecule has 2 N–H and O–H groups in total. The monoisotopic (exact) mass is 280 g/mol. The summed E-state index contributed by atoms with van der Waals surface area (Å²) in [4.78, 5) is 13.8. The van der Waals surface area contributed by atoms with Crippen molar-refractivity contribution in [2.75, 3.05) is 12.8 Å². The van der Waals surface area contributed by atoms with Gasteiger partial charge in [-0.15, -0.1) is 0 Å². The molecule has 0 aliphatic rings. The van der Waals surface area contributed by atoms with Gasteiger partial charge < -0.3 is 10.6 Å². The van der Waals surface area contributed by atoms with Gasteiger partial charge in [-0.25, -0.2) is 8.42 Å². The van der Waals surface area contributed by atoms with Gasteiger partial charge in [-0.05, 0) is 27.7 Å². The van der Waals surface area contributed by atoms with E-state index in [9.17, 15) is 13.2 Å². The van der Waals surface area contributed by atoms with Crippen molar-refractivity contribution in [1.82, 2.24) is 4.90 Å². The summed E-state index contributed by atoms with van der Waals surface area (Å²) in [5, 5.41) is 0. The fraction of sp³-hybridized carbons (Fsp3) is 0.800. The number of thiocarbonyl (C=S) groups is 1. The van der Waals surface area contributed by atoms with Crippen LogP contribution in [0.2, 0.25) is 0 Å². The summed E-state index contributed by atoms with van der Waals surface area (Å²) in [6, 6.07) is -0.162. The van der Waals surface area contributed by atoms with Gasteiger partial charge in [0.05, 0.1) is 11.5 Å². The quantitative estimate of drug-likeness (QED) is 0.734. The first-order valence-electron chi connectivity index (χ1n) is 5.20. The van der Waals surface area contributed by atoms with Gasteiger partial charge in [0.1, 0.15) is 4.75 Å². The smallest absolute Gasteiger partial charge is 0.244 e. The molecule has 0 saturated heterocycles.